The summed E-state index contributed by atoms with van der Waals surface area (Å²) < 4.78 is 0. The van der Waals surface area contributed by atoms with Crippen molar-refractivity contribution in [2.75, 3.05) is 36.9 Å². The third-order valence-electron chi connectivity index (χ3n) is 4.51. The molecule has 2 aromatic heterocycles. The number of likely N-dealkylation sites (tertiary alicyclic amines) is 1. The van der Waals surface area contributed by atoms with E-state index in [1.165, 1.54) is 6.08 Å². The van der Waals surface area contributed by atoms with Crippen LogP contribution in [0, 0.1) is 0 Å². The number of aromatic nitrogens is 3. The van der Waals surface area contributed by atoms with Crippen LogP contribution in [0.25, 0.3) is 11.3 Å². The van der Waals surface area contributed by atoms with Gasteiger partial charge in [-0.15, -0.1) is 0 Å². The number of aromatic amines is 1. The van der Waals surface area contributed by atoms with Gasteiger partial charge >= 0.3 is 0 Å². The van der Waals surface area contributed by atoms with Crippen LogP contribution < -0.4 is 15.8 Å². The van der Waals surface area contributed by atoms with Crippen molar-refractivity contribution in [3.8, 4) is 11.3 Å². The van der Waals surface area contributed by atoms with Gasteiger partial charge in [0.25, 0.3) is 5.56 Å². The van der Waals surface area contributed by atoms with Gasteiger partial charge in [-0.3, -0.25) is 14.6 Å². The molecule has 2 aromatic rings. The maximum absolute atomic E-state index is 12.4. The Morgan fingerprint density at radius 1 is 1.50 bits per heavy atom. The van der Waals surface area contributed by atoms with Gasteiger partial charge in [0, 0.05) is 38.4 Å². The minimum atomic E-state index is -0.165. The molecule has 1 aliphatic rings. The van der Waals surface area contributed by atoms with Crippen molar-refractivity contribution in [2.45, 2.75) is 13.0 Å². The van der Waals surface area contributed by atoms with Gasteiger partial charge in [-0.05, 0) is 19.1 Å². The summed E-state index contributed by atoms with van der Waals surface area (Å²) >= 11 is 0. The Hall–Kier alpha value is -3.16. The molecule has 0 aromatic carbocycles. The van der Waals surface area contributed by atoms with Crippen molar-refractivity contribution in [2.24, 2.45) is 0 Å². The molecule has 26 heavy (non-hydrogen) atoms. The second-order valence-corrected chi connectivity index (χ2v) is 6.03. The molecular formula is C18H22N6O2. The Morgan fingerprint density at radius 2 is 2.27 bits per heavy atom. The molecule has 0 bridgehead atoms. The lowest BCUT2D eigenvalue weighted by Gasteiger charge is -2.45. The van der Waals surface area contributed by atoms with E-state index in [1.807, 2.05) is 17.9 Å². The third-order valence-corrected chi connectivity index (χ3v) is 4.51. The Balaban J connectivity index is 1.88. The van der Waals surface area contributed by atoms with E-state index >= 15 is 0 Å². The Bertz CT molecular complexity index is 872. The molecule has 3 heterocycles. The molecule has 1 saturated heterocycles. The van der Waals surface area contributed by atoms with E-state index in [-0.39, 0.29) is 17.5 Å². The highest BCUT2D eigenvalue weighted by Crippen LogP contribution is 2.24. The van der Waals surface area contributed by atoms with E-state index in [1.54, 1.807) is 30.5 Å². The van der Waals surface area contributed by atoms with Crippen molar-refractivity contribution in [3.05, 3.63) is 47.7 Å². The summed E-state index contributed by atoms with van der Waals surface area (Å²) in [4.78, 5) is 39.2. The molecule has 2 N–H and O–H groups in total. The highest BCUT2D eigenvalue weighted by molar-refractivity contribution is 5.87. The van der Waals surface area contributed by atoms with Crippen molar-refractivity contribution in [1.29, 1.82) is 0 Å². The number of H-pyrrole nitrogens is 1. The predicted molar refractivity (Wildman–Crippen MR) is 101 cm³/mol. The monoisotopic (exact) mass is 354 g/mol. The number of pyridine rings is 1. The molecule has 0 spiro atoms. The standard InChI is InChI=1S/C18H22N6O2/c1-4-17(25)23-10-13(11-23)24(5-2)15-6-12(7-21-18(15)26)14-8-20-9-16(19-3)22-14/h4,6-9,13H,1,5,10-11H2,2-3H3,(H,19,22)(H,21,26). The van der Waals surface area contributed by atoms with Crippen LogP contribution in [0.1, 0.15) is 6.92 Å². The van der Waals surface area contributed by atoms with Gasteiger partial charge < -0.3 is 20.1 Å². The smallest absolute Gasteiger partial charge is 0.271 e. The van der Waals surface area contributed by atoms with Crippen LogP contribution in [-0.4, -0.2) is 58.5 Å². The molecule has 3 rings (SSSR count). The molecule has 8 heteroatoms. The summed E-state index contributed by atoms with van der Waals surface area (Å²) in [5.41, 5.74) is 1.85. The van der Waals surface area contributed by atoms with E-state index in [4.69, 9.17) is 0 Å². The largest absolute Gasteiger partial charge is 0.372 e. The minimum absolute atomic E-state index is 0.0841. The second kappa shape index (κ2) is 7.38. The van der Waals surface area contributed by atoms with E-state index in [2.05, 4.69) is 26.8 Å². The number of nitrogens with zero attached hydrogens (tertiary/aromatic N) is 4. The summed E-state index contributed by atoms with van der Waals surface area (Å²) in [6.07, 6.45) is 6.24. The predicted octanol–water partition coefficient (Wildman–Crippen LogP) is 1.10. The van der Waals surface area contributed by atoms with Crippen LogP contribution in [0.2, 0.25) is 0 Å². The topological polar surface area (TPSA) is 94.2 Å². The van der Waals surface area contributed by atoms with Gasteiger partial charge in [0.05, 0.1) is 24.1 Å². The molecule has 1 fully saturated rings. The Morgan fingerprint density at radius 3 is 2.92 bits per heavy atom. The minimum Gasteiger partial charge on any atom is -0.372 e. The van der Waals surface area contributed by atoms with E-state index in [9.17, 15) is 9.59 Å². The molecule has 136 valence electrons. The fraction of sp³-hybridized carbons (Fsp3) is 0.333. The first kappa shape index (κ1) is 17.7. The average molecular weight is 354 g/mol. The molecule has 0 radical (unpaired) electrons. The lowest BCUT2D eigenvalue weighted by atomic mass is 10.1. The number of hydrogen-bond donors (Lipinski definition) is 2. The SMILES string of the molecule is C=CC(=O)N1CC(N(CC)c2cc(-c3cncc(NC)n3)c[nH]c2=O)C1. The highest BCUT2D eigenvalue weighted by Gasteiger charge is 2.34. The van der Waals surface area contributed by atoms with Crippen LogP contribution >= 0.6 is 0 Å². The summed E-state index contributed by atoms with van der Waals surface area (Å²) in [6.45, 7) is 7.32. The zero-order valence-electron chi connectivity index (χ0n) is 14.9. The lowest BCUT2D eigenvalue weighted by molar-refractivity contribution is -0.130. The number of amides is 1. The quantitative estimate of drug-likeness (QED) is 0.755. The summed E-state index contributed by atoms with van der Waals surface area (Å²) in [6, 6.07) is 1.93. The molecule has 0 unspecified atom stereocenters. The average Bonchev–Trinajstić information content (AvgIpc) is 2.64. The van der Waals surface area contributed by atoms with Gasteiger partial charge in [-0.2, -0.15) is 0 Å². The number of likely N-dealkylation sites (N-methyl/N-ethyl adjacent to an activating group) is 1. The van der Waals surface area contributed by atoms with Gasteiger partial charge in [0.1, 0.15) is 11.5 Å². The Kier molecular flexibility index (Phi) is 5.01. The summed E-state index contributed by atoms with van der Waals surface area (Å²) in [5, 5.41) is 2.95. The molecule has 0 aliphatic carbocycles. The molecular weight excluding hydrogens is 332 g/mol. The van der Waals surface area contributed by atoms with Crippen molar-refractivity contribution in [1.82, 2.24) is 19.9 Å². The summed E-state index contributed by atoms with van der Waals surface area (Å²) in [5.74, 6) is 0.569. The fourth-order valence-electron chi connectivity index (χ4n) is 3.05. The first-order valence-corrected chi connectivity index (χ1v) is 8.48. The zero-order chi connectivity index (χ0) is 18.7. The van der Waals surface area contributed by atoms with E-state index in [0.29, 0.717) is 36.8 Å². The maximum atomic E-state index is 12.4. The van der Waals surface area contributed by atoms with Crippen LogP contribution in [0.15, 0.2) is 42.1 Å². The number of carbonyl (C=O) groups is 1. The van der Waals surface area contributed by atoms with Crippen LogP contribution in [-0.2, 0) is 4.79 Å². The van der Waals surface area contributed by atoms with Crippen LogP contribution in [0.3, 0.4) is 0 Å². The van der Waals surface area contributed by atoms with Crippen LogP contribution in [0.5, 0.6) is 0 Å². The Labute approximate surface area is 151 Å². The molecule has 1 amide bonds. The fourth-order valence-corrected chi connectivity index (χ4v) is 3.05. The molecule has 8 nitrogen and oxygen atoms in total. The van der Waals surface area contributed by atoms with Gasteiger partial charge in [-0.1, -0.05) is 6.58 Å². The zero-order valence-corrected chi connectivity index (χ0v) is 14.9. The molecule has 0 atom stereocenters. The van der Waals surface area contributed by atoms with Gasteiger partial charge in [0.15, 0.2) is 0 Å². The van der Waals surface area contributed by atoms with Crippen molar-refractivity contribution in [3.63, 3.8) is 0 Å². The van der Waals surface area contributed by atoms with Gasteiger partial charge in [0.2, 0.25) is 5.91 Å². The maximum Gasteiger partial charge on any atom is 0.271 e. The number of anilines is 2. The number of carbonyl (C=O) groups excluding carboxylic acids is 1. The van der Waals surface area contributed by atoms with Crippen molar-refractivity contribution >= 4 is 17.4 Å². The molecule has 1 aliphatic heterocycles. The van der Waals surface area contributed by atoms with Crippen LogP contribution in [0.4, 0.5) is 11.5 Å². The van der Waals surface area contributed by atoms with E-state index in [0.717, 1.165) is 5.56 Å². The third kappa shape index (κ3) is 3.30. The second-order valence-electron chi connectivity index (χ2n) is 6.03. The van der Waals surface area contributed by atoms with E-state index < -0.39 is 0 Å². The number of hydrogen-bond acceptors (Lipinski definition) is 6. The number of rotatable bonds is 6. The molecule has 0 saturated carbocycles. The summed E-state index contributed by atoms with van der Waals surface area (Å²) in [7, 11) is 1.78. The number of nitrogens with one attached hydrogen (secondary N) is 2. The van der Waals surface area contributed by atoms with Gasteiger partial charge in [-0.25, -0.2) is 4.98 Å². The first-order valence-electron chi connectivity index (χ1n) is 8.48. The normalized spacial score (nSPS) is 13.8. The highest BCUT2D eigenvalue weighted by atomic mass is 16.2. The first-order chi connectivity index (χ1) is 12.6. The van der Waals surface area contributed by atoms with Crippen molar-refractivity contribution < 1.29 is 4.79 Å². The lowest BCUT2D eigenvalue weighted by Crippen LogP contribution is -2.61.